The van der Waals surface area contributed by atoms with Gasteiger partial charge in [-0.2, -0.15) is 4.41 Å². The molecule has 4 N–H and O–H groups in total. The lowest BCUT2D eigenvalue weighted by atomic mass is 10.0. The molecule has 164 valence electrons. The van der Waals surface area contributed by atoms with Crippen molar-refractivity contribution >= 4 is 33.5 Å². The van der Waals surface area contributed by atoms with Crippen molar-refractivity contribution in [1.82, 2.24) is 15.6 Å². The molecule has 0 spiro atoms. The van der Waals surface area contributed by atoms with Gasteiger partial charge in [-0.3, -0.25) is 19.8 Å². The van der Waals surface area contributed by atoms with Crippen LogP contribution in [-0.4, -0.2) is 66.2 Å². The molecule has 11 nitrogen and oxygen atoms in total. The van der Waals surface area contributed by atoms with E-state index in [1.54, 1.807) is 0 Å². The number of sulfonamides is 1. The Morgan fingerprint density at radius 2 is 2.07 bits per heavy atom. The SMILES string of the molecule is O=C(O)CC(=O)N1CCC[C@H](NCc2cc(O)c(N3NC(=O)CS3(=O)=O)c(F)c2)C1. The van der Waals surface area contributed by atoms with Crippen LogP contribution in [0.15, 0.2) is 12.1 Å². The number of phenolic OH excluding ortho intramolecular Hbond substituents is 1. The Bertz CT molecular complexity index is 961. The number of carboxylic acids is 1. The highest BCUT2D eigenvalue weighted by Gasteiger charge is 2.38. The molecule has 2 aliphatic heterocycles. The maximum absolute atomic E-state index is 14.5. The van der Waals surface area contributed by atoms with Gasteiger partial charge in [0.1, 0.15) is 12.2 Å². The lowest BCUT2D eigenvalue weighted by Crippen LogP contribution is -2.48. The van der Waals surface area contributed by atoms with Gasteiger partial charge in [0.2, 0.25) is 5.91 Å². The van der Waals surface area contributed by atoms with Crippen LogP contribution in [0.3, 0.4) is 0 Å². The zero-order chi connectivity index (χ0) is 22.1. The van der Waals surface area contributed by atoms with E-state index < -0.39 is 57.2 Å². The molecule has 2 saturated heterocycles. The summed E-state index contributed by atoms with van der Waals surface area (Å²) in [5, 5.41) is 22.0. The van der Waals surface area contributed by atoms with E-state index in [0.717, 1.165) is 12.5 Å². The molecule has 0 bridgehead atoms. The number of rotatable bonds is 6. The Morgan fingerprint density at radius 1 is 1.33 bits per heavy atom. The second-order valence-corrected chi connectivity index (χ2v) is 8.95. The van der Waals surface area contributed by atoms with Crippen LogP contribution >= 0.6 is 0 Å². The number of halogens is 1. The summed E-state index contributed by atoms with van der Waals surface area (Å²) in [6.45, 7) is 0.886. The molecule has 1 aromatic rings. The minimum Gasteiger partial charge on any atom is -0.506 e. The quantitative estimate of drug-likeness (QED) is 0.418. The maximum atomic E-state index is 14.5. The van der Waals surface area contributed by atoms with E-state index in [4.69, 9.17) is 5.11 Å². The van der Waals surface area contributed by atoms with Gasteiger partial charge in [-0.05, 0) is 30.5 Å². The van der Waals surface area contributed by atoms with Crippen LogP contribution in [0.25, 0.3) is 0 Å². The van der Waals surface area contributed by atoms with Gasteiger partial charge in [-0.15, -0.1) is 0 Å². The fourth-order valence-corrected chi connectivity index (χ4v) is 4.68. The molecule has 2 aliphatic rings. The first-order valence-corrected chi connectivity index (χ1v) is 10.7. The number of carbonyl (C=O) groups is 3. The van der Waals surface area contributed by atoms with Crippen LogP contribution in [0.1, 0.15) is 24.8 Å². The number of carboxylic acid groups (broad SMARTS) is 1. The lowest BCUT2D eigenvalue weighted by molar-refractivity contribution is -0.144. The molecule has 2 fully saturated rings. The minimum atomic E-state index is -4.12. The number of hydrazine groups is 1. The van der Waals surface area contributed by atoms with Gasteiger partial charge >= 0.3 is 5.97 Å². The maximum Gasteiger partial charge on any atom is 0.312 e. The molecule has 30 heavy (non-hydrogen) atoms. The third-order valence-corrected chi connectivity index (χ3v) is 6.25. The molecule has 2 amide bonds. The summed E-state index contributed by atoms with van der Waals surface area (Å²) in [5.74, 6) is -5.03. The minimum absolute atomic E-state index is 0.121. The van der Waals surface area contributed by atoms with Crippen molar-refractivity contribution in [1.29, 1.82) is 0 Å². The van der Waals surface area contributed by atoms with Crippen LogP contribution in [0.2, 0.25) is 0 Å². The van der Waals surface area contributed by atoms with E-state index in [2.05, 4.69) is 5.32 Å². The summed E-state index contributed by atoms with van der Waals surface area (Å²) in [6.07, 6.45) is 0.818. The van der Waals surface area contributed by atoms with Crippen molar-refractivity contribution < 1.29 is 37.4 Å². The highest BCUT2D eigenvalue weighted by atomic mass is 32.2. The fraction of sp³-hybridized carbons (Fsp3) is 0.471. The van der Waals surface area contributed by atoms with Crippen LogP contribution in [-0.2, 0) is 31.0 Å². The third kappa shape index (κ3) is 4.79. The number of anilines is 1. The second-order valence-electron chi connectivity index (χ2n) is 7.13. The Labute approximate surface area is 171 Å². The number of amides is 2. The van der Waals surface area contributed by atoms with Crippen molar-refractivity contribution in [3.63, 3.8) is 0 Å². The smallest absolute Gasteiger partial charge is 0.312 e. The molecule has 0 aliphatic carbocycles. The van der Waals surface area contributed by atoms with E-state index in [1.807, 2.05) is 5.43 Å². The number of aliphatic carboxylic acids is 1. The molecule has 0 saturated carbocycles. The van der Waals surface area contributed by atoms with Gasteiger partial charge in [0, 0.05) is 25.7 Å². The topological polar surface area (TPSA) is 156 Å². The number of nitrogens with one attached hydrogen (secondary N) is 2. The first kappa shape index (κ1) is 21.8. The number of nitrogens with zero attached hydrogens (tertiary/aromatic N) is 2. The van der Waals surface area contributed by atoms with Gasteiger partial charge < -0.3 is 20.4 Å². The van der Waals surface area contributed by atoms with Crippen molar-refractivity contribution in [2.45, 2.75) is 31.8 Å². The number of piperidine rings is 1. The molecule has 3 rings (SSSR count). The zero-order valence-corrected chi connectivity index (χ0v) is 16.6. The van der Waals surface area contributed by atoms with E-state index in [-0.39, 0.29) is 12.6 Å². The van der Waals surface area contributed by atoms with E-state index in [9.17, 15) is 32.3 Å². The number of carbonyl (C=O) groups excluding carboxylic acids is 2. The monoisotopic (exact) mass is 444 g/mol. The number of aromatic hydroxyl groups is 1. The van der Waals surface area contributed by atoms with E-state index in [0.29, 0.717) is 29.5 Å². The van der Waals surface area contributed by atoms with Crippen molar-refractivity contribution in [2.24, 2.45) is 0 Å². The Kier molecular flexibility index (Phi) is 6.12. The summed E-state index contributed by atoms with van der Waals surface area (Å²) in [5.41, 5.74) is 1.65. The Hall–Kier alpha value is -2.93. The van der Waals surface area contributed by atoms with Gasteiger partial charge in [-0.1, -0.05) is 0 Å². The molecule has 1 atom stereocenters. The largest absolute Gasteiger partial charge is 0.506 e. The molecular formula is C17H21FN4O7S. The van der Waals surface area contributed by atoms with Crippen LogP contribution in [0.4, 0.5) is 10.1 Å². The normalized spacial score (nSPS) is 20.8. The average Bonchev–Trinajstić information content (AvgIpc) is 2.91. The Balaban J connectivity index is 1.66. The van der Waals surface area contributed by atoms with E-state index >= 15 is 0 Å². The summed E-state index contributed by atoms with van der Waals surface area (Å²) in [4.78, 5) is 35.4. The third-order valence-electron chi connectivity index (χ3n) is 4.80. The van der Waals surface area contributed by atoms with Crippen LogP contribution in [0.5, 0.6) is 5.75 Å². The van der Waals surface area contributed by atoms with Gasteiger partial charge in [0.15, 0.2) is 17.3 Å². The number of benzene rings is 1. The van der Waals surface area contributed by atoms with Crippen LogP contribution in [0, 0.1) is 5.82 Å². The molecule has 0 radical (unpaired) electrons. The summed E-state index contributed by atoms with van der Waals surface area (Å²) in [7, 11) is -4.12. The molecule has 13 heteroatoms. The molecular weight excluding hydrogens is 423 g/mol. The number of likely N-dealkylation sites (tertiary alicyclic amines) is 1. The average molecular weight is 444 g/mol. The molecule has 0 unspecified atom stereocenters. The van der Waals surface area contributed by atoms with Crippen molar-refractivity contribution in [3.8, 4) is 5.75 Å². The summed E-state index contributed by atoms with van der Waals surface area (Å²) in [6, 6.07) is 2.07. The fourth-order valence-electron chi connectivity index (χ4n) is 3.46. The lowest BCUT2D eigenvalue weighted by Gasteiger charge is -2.33. The predicted molar refractivity (Wildman–Crippen MR) is 101 cm³/mol. The first-order chi connectivity index (χ1) is 14.1. The van der Waals surface area contributed by atoms with Gasteiger partial charge in [0.05, 0.1) is 0 Å². The number of hydrogen-bond donors (Lipinski definition) is 4. The number of hydrogen-bond acceptors (Lipinski definition) is 7. The molecule has 0 aromatic heterocycles. The highest BCUT2D eigenvalue weighted by Crippen LogP contribution is 2.34. The Morgan fingerprint density at radius 3 is 2.67 bits per heavy atom. The summed E-state index contributed by atoms with van der Waals surface area (Å²) < 4.78 is 38.7. The molecule has 2 heterocycles. The first-order valence-electron chi connectivity index (χ1n) is 9.13. The molecule has 1 aromatic carbocycles. The predicted octanol–water partition coefficient (Wildman–Crippen LogP) is -0.732. The van der Waals surface area contributed by atoms with Crippen molar-refractivity contribution in [3.05, 3.63) is 23.5 Å². The van der Waals surface area contributed by atoms with Crippen molar-refractivity contribution in [2.75, 3.05) is 23.3 Å². The highest BCUT2D eigenvalue weighted by molar-refractivity contribution is 7.93. The zero-order valence-electron chi connectivity index (χ0n) is 15.8. The second kappa shape index (κ2) is 8.44. The number of phenols is 1. The van der Waals surface area contributed by atoms with Crippen LogP contribution < -0.4 is 15.2 Å². The standard InChI is InChI=1S/C17H21FN4O7S/c18-12-4-10(5-13(23)17(12)22-20-14(24)9-30(22,28)29)7-19-11-2-1-3-21(8-11)15(25)6-16(26)27/h4-5,11,19,23H,1-3,6-9H2,(H,20,24)(H,26,27)/t11-/m0/s1. The summed E-state index contributed by atoms with van der Waals surface area (Å²) >= 11 is 0. The van der Waals surface area contributed by atoms with Gasteiger partial charge in [-0.25, -0.2) is 12.8 Å². The van der Waals surface area contributed by atoms with Gasteiger partial charge in [0.25, 0.3) is 15.9 Å². The van der Waals surface area contributed by atoms with E-state index in [1.165, 1.54) is 11.0 Å².